The highest BCUT2D eigenvalue weighted by molar-refractivity contribution is 9.10. The maximum Gasteiger partial charge on any atom is 0.255 e. The monoisotopic (exact) mass is 443 g/mol. The van der Waals surface area contributed by atoms with Gasteiger partial charge in [0.1, 0.15) is 5.75 Å². The molecule has 1 aliphatic heterocycles. The second-order valence-corrected chi connectivity index (χ2v) is 8.23. The molecular weight excluding hydrogens is 422 g/mol. The molecule has 7 heteroatoms. The van der Waals surface area contributed by atoms with Gasteiger partial charge in [-0.2, -0.15) is 0 Å². The number of benzene rings is 1. The molecule has 4 rings (SSSR count). The normalized spacial score (nSPS) is 19.2. The van der Waals surface area contributed by atoms with Crippen LogP contribution in [0.25, 0.3) is 0 Å². The fourth-order valence-electron chi connectivity index (χ4n) is 3.30. The predicted molar refractivity (Wildman–Crippen MR) is 108 cm³/mol. The Morgan fingerprint density at radius 3 is 2.57 bits per heavy atom. The van der Waals surface area contributed by atoms with E-state index in [1.54, 1.807) is 17.0 Å². The number of hydrogen-bond acceptors (Lipinski definition) is 4. The van der Waals surface area contributed by atoms with Gasteiger partial charge in [-0.3, -0.25) is 9.59 Å². The number of halogens is 1. The Morgan fingerprint density at radius 1 is 1.11 bits per heavy atom. The summed E-state index contributed by atoms with van der Waals surface area (Å²) in [5, 5.41) is 3.05. The van der Waals surface area contributed by atoms with Gasteiger partial charge in [-0.25, -0.2) is 4.98 Å². The summed E-state index contributed by atoms with van der Waals surface area (Å²) < 4.78 is 6.67. The van der Waals surface area contributed by atoms with E-state index in [0.29, 0.717) is 36.3 Å². The molecule has 0 bridgehead atoms. The van der Waals surface area contributed by atoms with Crippen LogP contribution in [0.4, 0.5) is 0 Å². The van der Waals surface area contributed by atoms with Gasteiger partial charge in [0.2, 0.25) is 11.8 Å². The van der Waals surface area contributed by atoms with Gasteiger partial charge in [-0.05, 0) is 56.0 Å². The standard InChI is InChI=1S/C21H22BrN3O3/c22-16-4-8-18(9-5-16)28-19-10-3-14(12-23-19)21(27)25-11-1-2-15(13-25)20(26)24-17-6-7-17/h3-5,8-10,12,15,17H,1-2,6-7,11,13H2,(H,24,26). The van der Waals surface area contributed by atoms with Crippen LogP contribution in [0.2, 0.25) is 0 Å². The van der Waals surface area contributed by atoms with Gasteiger partial charge < -0.3 is 15.0 Å². The molecule has 2 heterocycles. The van der Waals surface area contributed by atoms with Crippen molar-refractivity contribution in [3.05, 3.63) is 52.6 Å². The highest BCUT2D eigenvalue weighted by atomic mass is 79.9. The Labute approximate surface area is 172 Å². The molecule has 1 N–H and O–H groups in total. The van der Waals surface area contributed by atoms with Gasteiger partial charge in [-0.15, -0.1) is 0 Å². The van der Waals surface area contributed by atoms with Gasteiger partial charge in [0.25, 0.3) is 5.91 Å². The number of hydrogen-bond donors (Lipinski definition) is 1. The third-order valence-corrected chi connectivity index (χ3v) is 5.55. The Bertz CT molecular complexity index is 850. The SMILES string of the molecule is O=C(NC1CC1)C1CCCN(C(=O)c2ccc(Oc3ccc(Br)cc3)nc2)C1. The fourth-order valence-corrected chi connectivity index (χ4v) is 3.56. The highest BCUT2D eigenvalue weighted by Crippen LogP contribution is 2.24. The number of piperidine rings is 1. The number of aromatic nitrogens is 1. The number of amides is 2. The molecule has 6 nitrogen and oxygen atoms in total. The van der Waals surface area contributed by atoms with E-state index in [0.717, 1.165) is 30.2 Å². The van der Waals surface area contributed by atoms with E-state index in [9.17, 15) is 9.59 Å². The number of nitrogens with one attached hydrogen (secondary N) is 1. The van der Waals surface area contributed by atoms with Crippen molar-refractivity contribution in [2.75, 3.05) is 13.1 Å². The van der Waals surface area contributed by atoms with E-state index in [1.807, 2.05) is 24.3 Å². The molecule has 2 amide bonds. The lowest BCUT2D eigenvalue weighted by Gasteiger charge is -2.32. The lowest BCUT2D eigenvalue weighted by atomic mass is 9.96. The molecule has 2 aliphatic rings. The minimum Gasteiger partial charge on any atom is -0.439 e. The van der Waals surface area contributed by atoms with Crippen LogP contribution in [-0.2, 0) is 4.79 Å². The first-order valence-corrected chi connectivity index (χ1v) is 10.4. The van der Waals surface area contributed by atoms with Crippen LogP contribution < -0.4 is 10.1 Å². The number of likely N-dealkylation sites (tertiary alicyclic amines) is 1. The molecule has 0 radical (unpaired) electrons. The number of nitrogens with zero attached hydrogens (tertiary/aromatic N) is 2. The molecule has 1 aromatic carbocycles. The number of ether oxygens (including phenoxy) is 1. The maximum absolute atomic E-state index is 12.8. The third kappa shape index (κ3) is 4.70. The molecule has 2 fully saturated rings. The van der Waals surface area contributed by atoms with Gasteiger partial charge in [0.15, 0.2) is 0 Å². The van der Waals surface area contributed by atoms with Gasteiger partial charge in [-0.1, -0.05) is 15.9 Å². The number of carbonyl (C=O) groups is 2. The summed E-state index contributed by atoms with van der Waals surface area (Å²) in [6.07, 6.45) is 5.35. The van der Waals surface area contributed by atoms with Crippen molar-refractivity contribution in [3.8, 4) is 11.6 Å². The molecule has 0 spiro atoms. The highest BCUT2D eigenvalue weighted by Gasteiger charge is 2.32. The van der Waals surface area contributed by atoms with Gasteiger partial charge >= 0.3 is 0 Å². The molecule has 1 saturated heterocycles. The van der Waals surface area contributed by atoms with Crippen LogP contribution in [0.3, 0.4) is 0 Å². The first-order chi connectivity index (χ1) is 13.6. The van der Waals surface area contributed by atoms with Crippen LogP contribution in [0.1, 0.15) is 36.0 Å². The lowest BCUT2D eigenvalue weighted by Crippen LogP contribution is -2.45. The molecule has 1 aromatic heterocycles. The van der Waals surface area contributed by atoms with Crippen molar-refractivity contribution in [2.45, 2.75) is 31.7 Å². The summed E-state index contributed by atoms with van der Waals surface area (Å²) in [6.45, 7) is 1.14. The Morgan fingerprint density at radius 2 is 1.89 bits per heavy atom. The second-order valence-electron chi connectivity index (χ2n) is 7.31. The summed E-state index contributed by atoms with van der Waals surface area (Å²) in [6, 6.07) is 11.2. The molecule has 1 atom stereocenters. The molecule has 1 saturated carbocycles. The van der Waals surface area contributed by atoms with Crippen molar-refractivity contribution in [2.24, 2.45) is 5.92 Å². The van der Waals surface area contributed by atoms with E-state index in [1.165, 1.54) is 6.20 Å². The van der Waals surface area contributed by atoms with Crippen molar-refractivity contribution in [3.63, 3.8) is 0 Å². The summed E-state index contributed by atoms with van der Waals surface area (Å²) in [5.41, 5.74) is 0.506. The number of carbonyl (C=O) groups excluding carboxylic acids is 2. The molecule has 146 valence electrons. The van der Waals surface area contributed by atoms with Gasteiger partial charge in [0.05, 0.1) is 11.5 Å². The Balaban J connectivity index is 1.37. The summed E-state index contributed by atoms with van der Waals surface area (Å²) in [7, 11) is 0. The first kappa shape index (κ1) is 18.9. The Hall–Kier alpha value is -2.41. The van der Waals surface area contributed by atoms with Crippen LogP contribution in [-0.4, -0.2) is 40.8 Å². The smallest absolute Gasteiger partial charge is 0.255 e. The summed E-state index contributed by atoms with van der Waals surface area (Å²) >= 11 is 3.38. The molecule has 2 aromatic rings. The largest absolute Gasteiger partial charge is 0.439 e. The van der Waals surface area contributed by atoms with E-state index in [4.69, 9.17) is 4.74 Å². The predicted octanol–water partition coefficient (Wildman–Crippen LogP) is 3.77. The van der Waals surface area contributed by atoms with E-state index < -0.39 is 0 Å². The van der Waals surface area contributed by atoms with Crippen molar-refractivity contribution >= 4 is 27.7 Å². The van der Waals surface area contributed by atoms with Gasteiger partial charge in [0, 0.05) is 35.9 Å². The topological polar surface area (TPSA) is 71.5 Å². The molecular formula is C21H22BrN3O3. The Kier molecular flexibility index (Phi) is 5.62. The second kappa shape index (κ2) is 8.31. The summed E-state index contributed by atoms with van der Waals surface area (Å²) in [5.74, 6) is 0.976. The molecule has 1 unspecified atom stereocenters. The van der Waals surface area contributed by atoms with Crippen LogP contribution in [0.15, 0.2) is 47.1 Å². The van der Waals surface area contributed by atoms with Crippen molar-refractivity contribution in [1.29, 1.82) is 0 Å². The molecule has 1 aliphatic carbocycles. The average Bonchev–Trinajstić information content (AvgIpc) is 3.54. The maximum atomic E-state index is 12.8. The van der Waals surface area contributed by atoms with Crippen LogP contribution >= 0.6 is 15.9 Å². The van der Waals surface area contributed by atoms with E-state index in [2.05, 4.69) is 26.2 Å². The van der Waals surface area contributed by atoms with E-state index in [-0.39, 0.29) is 17.7 Å². The van der Waals surface area contributed by atoms with Crippen molar-refractivity contribution < 1.29 is 14.3 Å². The lowest BCUT2D eigenvalue weighted by molar-refractivity contribution is -0.126. The fraction of sp³-hybridized carbons (Fsp3) is 0.381. The quantitative estimate of drug-likeness (QED) is 0.763. The zero-order valence-electron chi connectivity index (χ0n) is 15.4. The zero-order valence-corrected chi connectivity index (χ0v) is 17.0. The zero-order chi connectivity index (χ0) is 19.5. The number of pyridine rings is 1. The van der Waals surface area contributed by atoms with Crippen LogP contribution in [0, 0.1) is 5.92 Å². The summed E-state index contributed by atoms with van der Waals surface area (Å²) in [4.78, 5) is 31.1. The molecule has 28 heavy (non-hydrogen) atoms. The minimum atomic E-state index is -0.119. The van der Waals surface area contributed by atoms with Crippen LogP contribution in [0.5, 0.6) is 11.6 Å². The number of rotatable bonds is 5. The van der Waals surface area contributed by atoms with Crippen molar-refractivity contribution in [1.82, 2.24) is 15.2 Å². The average molecular weight is 444 g/mol. The first-order valence-electron chi connectivity index (χ1n) is 9.57. The van der Waals surface area contributed by atoms with E-state index >= 15 is 0 Å². The minimum absolute atomic E-state index is 0.0800. The third-order valence-electron chi connectivity index (χ3n) is 5.02.